The maximum absolute atomic E-state index is 12.3. The molecule has 2 aromatic heterocycles. The lowest BCUT2D eigenvalue weighted by molar-refractivity contribution is 0.251. The fourth-order valence-corrected chi connectivity index (χ4v) is 2.52. The van der Waals surface area contributed by atoms with Crippen LogP contribution in [0, 0.1) is 0 Å². The number of aromatic nitrogens is 3. The Morgan fingerprint density at radius 2 is 2.07 bits per heavy atom. The Bertz CT molecular complexity index is 896. The fourth-order valence-electron chi connectivity index (χ4n) is 2.52. The molecule has 140 valence electrons. The Morgan fingerprint density at radius 1 is 1.19 bits per heavy atom. The van der Waals surface area contributed by atoms with Crippen molar-refractivity contribution in [1.82, 2.24) is 20.1 Å². The minimum Gasteiger partial charge on any atom is -0.493 e. The van der Waals surface area contributed by atoms with Gasteiger partial charge in [-0.1, -0.05) is 6.07 Å². The molecule has 0 fully saturated rings. The van der Waals surface area contributed by atoms with Gasteiger partial charge in [0.05, 0.1) is 19.4 Å². The smallest absolute Gasteiger partial charge is 0.319 e. The van der Waals surface area contributed by atoms with Crippen LogP contribution in [0.15, 0.2) is 55.0 Å². The summed E-state index contributed by atoms with van der Waals surface area (Å²) in [4.78, 5) is 16.6. The quantitative estimate of drug-likeness (QED) is 0.670. The Morgan fingerprint density at radius 3 is 2.81 bits per heavy atom. The molecule has 2 amide bonds. The zero-order valence-corrected chi connectivity index (χ0v) is 15.2. The molecule has 0 bridgehead atoms. The van der Waals surface area contributed by atoms with E-state index in [1.165, 1.54) is 0 Å². The summed E-state index contributed by atoms with van der Waals surface area (Å²) in [5, 5.41) is 9.77. The van der Waals surface area contributed by atoms with E-state index in [1.807, 2.05) is 25.1 Å². The number of rotatable bonds is 7. The van der Waals surface area contributed by atoms with E-state index < -0.39 is 0 Å². The van der Waals surface area contributed by atoms with Gasteiger partial charge in [-0.05, 0) is 42.8 Å². The molecule has 0 aliphatic heterocycles. The van der Waals surface area contributed by atoms with Gasteiger partial charge in [-0.15, -0.1) is 0 Å². The third-order valence-electron chi connectivity index (χ3n) is 3.74. The van der Waals surface area contributed by atoms with Crippen LogP contribution in [-0.2, 0) is 6.54 Å². The summed E-state index contributed by atoms with van der Waals surface area (Å²) in [5.74, 6) is 1.85. The number of anilines is 1. The van der Waals surface area contributed by atoms with Crippen LogP contribution >= 0.6 is 0 Å². The highest BCUT2D eigenvalue weighted by molar-refractivity contribution is 5.90. The van der Waals surface area contributed by atoms with Gasteiger partial charge < -0.3 is 20.1 Å². The summed E-state index contributed by atoms with van der Waals surface area (Å²) in [5.41, 5.74) is 1.45. The number of hydrogen-bond acceptors (Lipinski definition) is 5. The molecule has 0 saturated heterocycles. The Balaban J connectivity index is 1.65. The first-order chi connectivity index (χ1) is 13.2. The topological polar surface area (TPSA) is 90.3 Å². The van der Waals surface area contributed by atoms with Crippen molar-refractivity contribution in [3.63, 3.8) is 0 Å². The molecule has 1 aromatic carbocycles. The first-order valence-corrected chi connectivity index (χ1v) is 8.51. The Labute approximate surface area is 157 Å². The van der Waals surface area contributed by atoms with Gasteiger partial charge in [0.2, 0.25) is 0 Å². The number of nitrogens with one attached hydrogen (secondary N) is 2. The fraction of sp³-hybridized carbons (Fsp3) is 0.211. The van der Waals surface area contributed by atoms with Gasteiger partial charge in [0.1, 0.15) is 0 Å². The molecule has 0 radical (unpaired) electrons. The Hall–Kier alpha value is -3.55. The van der Waals surface area contributed by atoms with Crippen molar-refractivity contribution in [3.8, 4) is 17.3 Å². The van der Waals surface area contributed by atoms with Gasteiger partial charge >= 0.3 is 6.03 Å². The number of carbonyl (C=O) groups is 1. The SMILES string of the molecule is CCOc1cc(CNC(=O)Nc2cccnc2-n2cccn2)ccc1OC. The van der Waals surface area contributed by atoms with E-state index in [-0.39, 0.29) is 6.03 Å². The first kappa shape index (κ1) is 18.2. The van der Waals surface area contributed by atoms with Crippen molar-refractivity contribution < 1.29 is 14.3 Å². The number of hydrogen-bond donors (Lipinski definition) is 2. The average Bonchev–Trinajstić information content (AvgIpc) is 3.22. The highest BCUT2D eigenvalue weighted by Gasteiger charge is 2.10. The largest absolute Gasteiger partial charge is 0.493 e. The summed E-state index contributed by atoms with van der Waals surface area (Å²) in [6.07, 6.45) is 5.06. The minimum absolute atomic E-state index is 0.341. The maximum atomic E-state index is 12.3. The maximum Gasteiger partial charge on any atom is 0.319 e. The standard InChI is InChI=1S/C19H21N5O3/c1-3-27-17-12-14(7-8-16(17)26-2)13-21-19(25)23-15-6-4-9-20-18(15)24-11-5-10-22-24/h4-12H,3,13H2,1-2H3,(H2,21,23,25). The van der Waals surface area contributed by atoms with E-state index in [4.69, 9.17) is 9.47 Å². The van der Waals surface area contributed by atoms with Gasteiger partial charge in [-0.3, -0.25) is 0 Å². The van der Waals surface area contributed by atoms with Crippen LogP contribution < -0.4 is 20.1 Å². The molecule has 0 saturated carbocycles. The minimum atomic E-state index is -0.342. The second-order valence-electron chi connectivity index (χ2n) is 5.55. The Kier molecular flexibility index (Phi) is 5.88. The second-order valence-corrected chi connectivity index (χ2v) is 5.55. The molecule has 0 atom stereocenters. The molecule has 2 heterocycles. The lowest BCUT2D eigenvalue weighted by Crippen LogP contribution is -2.28. The lowest BCUT2D eigenvalue weighted by atomic mass is 10.2. The number of methoxy groups -OCH3 is 1. The summed E-state index contributed by atoms with van der Waals surface area (Å²) in [6, 6.07) is 10.5. The normalized spacial score (nSPS) is 10.3. The number of carbonyl (C=O) groups excluding carboxylic acids is 1. The molecular formula is C19H21N5O3. The molecular weight excluding hydrogens is 346 g/mol. The molecule has 27 heavy (non-hydrogen) atoms. The molecule has 2 N–H and O–H groups in total. The number of pyridine rings is 1. The van der Waals surface area contributed by atoms with Crippen molar-refractivity contribution >= 4 is 11.7 Å². The van der Waals surface area contributed by atoms with Crippen LogP contribution in [-0.4, -0.2) is 34.5 Å². The first-order valence-electron chi connectivity index (χ1n) is 8.51. The summed E-state index contributed by atoms with van der Waals surface area (Å²) < 4.78 is 12.4. The van der Waals surface area contributed by atoms with Crippen LogP contribution in [0.1, 0.15) is 12.5 Å². The van der Waals surface area contributed by atoms with E-state index in [9.17, 15) is 4.79 Å². The highest BCUT2D eigenvalue weighted by Crippen LogP contribution is 2.28. The number of nitrogens with zero attached hydrogens (tertiary/aromatic N) is 3. The molecule has 3 aromatic rings. The van der Waals surface area contributed by atoms with Crippen LogP contribution in [0.2, 0.25) is 0 Å². The van der Waals surface area contributed by atoms with Crippen LogP contribution in [0.3, 0.4) is 0 Å². The van der Waals surface area contributed by atoms with Crippen molar-refractivity contribution in [3.05, 3.63) is 60.6 Å². The lowest BCUT2D eigenvalue weighted by Gasteiger charge is -2.13. The highest BCUT2D eigenvalue weighted by atomic mass is 16.5. The third kappa shape index (κ3) is 4.55. The van der Waals surface area contributed by atoms with Gasteiger partial charge in [0.25, 0.3) is 0 Å². The van der Waals surface area contributed by atoms with E-state index in [1.54, 1.807) is 48.6 Å². The summed E-state index contributed by atoms with van der Waals surface area (Å²) >= 11 is 0. The zero-order chi connectivity index (χ0) is 19.1. The van der Waals surface area contributed by atoms with Gasteiger partial charge in [0, 0.05) is 25.1 Å². The summed E-state index contributed by atoms with van der Waals surface area (Å²) in [7, 11) is 1.59. The van der Waals surface area contributed by atoms with Crippen molar-refractivity contribution in [2.75, 3.05) is 19.0 Å². The molecule has 0 aliphatic carbocycles. The van der Waals surface area contributed by atoms with Crippen LogP contribution in [0.4, 0.5) is 10.5 Å². The zero-order valence-electron chi connectivity index (χ0n) is 15.2. The molecule has 8 nitrogen and oxygen atoms in total. The molecule has 3 rings (SSSR count). The third-order valence-corrected chi connectivity index (χ3v) is 3.74. The van der Waals surface area contributed by atoms with Gasteiger partial charge in [-0.2, -0.15) is 5.10 Å². The predicted molar refractivity (Wildman–Crippen MR) is 101 cm³/mol. The average molecular weight is 367 g/mol. The predicted octanol–water partition coefficient (Wildman–Crippen LogP) is 3.00. The number of benzene rings is 1. The van der Waals surface area contributed by atoms with Crippen molar-refractivity contribution in [1.29, 1.82) is 0 Å². The van der Waals surface area contributed by atoms with E-state index in [2.05, 4.69) is 20.7 Å². The van der Waals surface area contributed by atoms with E-state index in [0.29, 0.717) is 36.2 Å². The molecule has 0 spiro atoms. The second kappa shape index (κ2) is 8.70. The molecule has 0 aliphatic rings. The number of amides is 2. The monoisotopic (exact) mass is 367 g/mol. The van der Waals surface area contributed by atoms with Gasteiger partial charge in [-0.25, -0.2) is 14.5 Å². The van der Waals surface area contributed by atoms with Crippen molar-refractivity contribution in [2.24, 2.45) is 0 Å². The number of ether oxygens (including phenoxy) is 2. The number of urea groups is 1. The van der Waals surface area contributed by atoms with Crippen LogP contribution in [0.5, 0.6) is 11.5 Å². The van der Waals surface area contributed by atoms with Gasteiger partial charge in [0.15, 0.2) is 17.3 Å². The van der Waals surface area contributed by atoms with E-state index >= 15 is 0 Å². The van der Waals surface area contributed by atoms with E-state index in [0.717, 1.165) is 5.56 Å². The van der Waals surface area contributed by atoms with Crippen molar-refractivity contribution in [2.45, 2.75) is 13.5 Å². The summed E-state index contributed by atoms with van der Waals surface area (Å²) in [6.45, 7) is 2.78. The molecule has 0 unspecified atom stereocenters. The molecule has 8 heteroatoms. The van der Waals surface area contributed by atoms with Crippen LogP contribution in [0.25, 0.3) is 5.82 Å².